The number of aliphatic imine (C=N–C) groups is 1. The van der Waals surface area contributed by atoms with Gasteiger partial charge in [0.1, 0.15) is 18.5 Å². The first kappa shape index (κ1) is 20.6. The maximum atomic E-state index is 12.5. The molecule has 2 aromatic carbocycles. The van der Waals surface area contributed by atoms with Gasteiger partial charge in [-0.3, -0.25) is 4.99 Å². The first-order valence-electron chi connectivity index (χ1n) is 8.40. The van der Waals surface area contributed by atoms with Crippen LogP contribution >= 0.6 is 0 Å². The molecule has 0 aliphatic heterocycles. The molecule has 8 heteroatoms. The number of nitrogens with zero attached hydrogens (tertiary/aromatic N) is 1. The van der Waals surface area contributed by atoms with Crippen LogP contribution in [0.5, 0.6) is 5.75 Å². The Labute approximate surface area is 155 Å². The largest absolute Gasteiger partial charge is 0.491 e. The summed E-state index contributed by atoms with van der Waals surface area (Å²) in [7, 11) is 0. The van der Waals surface area contributed by atoms with Crippen molar-refractivity contribution in [2.45, 2.75) is 18.7 Å². The smallest absolute Gasteiger partial charge is 0.416 e. The van der Waals surface area contributed by atoms with Gasteiger partial charge in [0.15, 0.2) is 5.96 Å². The summed E-state index contributed by atoms with van der Waals surface area (Å²) in [6, 6.07) is 14.1. The second kappa shape index (κ2) is 9.82. The lowest BCUT2D eigenvalue weighted by Gasteiger charge is -2.12. The monoisotopic (exact) mass is 381 g/mol. The second-order valence-corrected chi connectivity index (χ2v) is 5.88. The molecule has 5 nitrogen and oxygen atoms in total. The third-order valence-electron chi connectivity index (χ3n) is 3.66. The minimum absolute atomic E-state index is 0.0187. The summed E-state index contributed by atoms with van der Waals surface area (Å²) < 4.78 is 42.7. The van der Waals surface area contributed by atoms with Crippen molar-refractivity contribution < 1.29 is 23.0 Å². The highest BCUT2D eigenvalue weighted by Gasteiger charge is 2.30. The highest BCUT2D eigenvalue weighted by molar-refractivity contribution is 5.77. The number of rotatable bonds is 8. The third kappa shape index (κ3) is 7.57. The van der Waals surface area contributed by atoms with Crippen molar-refractivity contribution in [3.8, 4) is 5.75 Å². The molecule has 0 saturated carbocycles. The molecule has 0 fully saturated rings. The van der Waals surface area contributed by atoms with Crippen molar-refractivity contribution in [2.24, 2.45) is 10.7 Å². The minimum Gasteiger partial charge on any atom is -0.491 e. The van der Waals surface area contributed by atoms with E-state index in [0.717, 1.165) is 18.6 Å². The SMILES string of the molecule is NC(=NCC(O)COc1ccc(C(F)(F)F)cc1)NCCc1ccccc1. The number of guanidine groups is 1. The van der Waals surface area contributed by atoms with E-state index in [1.54, 1.807) is 0 Å². The van der Waals surface area contributed by atoms with Crippen LogP contribution in [0, 0.1) is 0 Å². The van der Waals surface area contributed by atoms with Gasteiger partial charge in [0.05, 0.1) is 12.1 Å². The number of alkyl halides is 3. The van der Waals surface area contributed by atoms with Crippen LogP contribution in [0.25, 0.3) is 0 Å². The Bertz CT molecular complexity index is 719. The van der Waals surface area contributed by atoms with E-state index in [1.165, 1.54) is 17.7 Å². The molecular weight excluding hydrogens is 359 g/mol. The number of aliphatic hydroxyl groups excluding tert-OH is 1. The van der Waals surface area contributed by atoms with Gasteiger partial charge < -0.3 is 20.9 Å². The summed E-state index contributed by atoms with van der Waals surface area (Å²) in [6.07, 6.45) is -4.53. The molecule has 0 aliphatic rings. The molecule has 0 bridgehead atoms. The average molecular weight is 381 g/mol. The Morgan fingerprint density at radius 3 is 2.41 bits per heavy atom. The highest BCUT2D eigenvalue weighted by Crippen LogP contribution is 2.30. The number of ether oxygens (including phenoxy) is 1. The number of halogens is 3. The Kier molecular flexibility index (Phi) is 7.48. The van der Waals surface area contributed by atoms with Crippen molar-refractivity contribution in [1.29, 1.82) is 0 Å². The molecule has 2 rings (SSSR count). The lowest BCUT2D eigenvalue weighted by molar-refractivity contribution is -0.137. The zero-order valence-corrected chi connectivity index (χ0v) is 14.6. The van der Waals surface area contributed by atoms with Gasteiger partial charge in [-0.2, -0.15) is 13.2 Å². The van der Waals surface area contributed by atoms with E-state index in [2.05, 4.69) is 10.3 Å². The second-order valence-electron chi connectivity index (χ2n) is 5.88. The van der Waals surface area contributed by atoms with Crippen LogP contribution < -0.4 is 15.8 Å². The first-order chi connectivity index (χ1) is 12.8. The van der Waals surface area contributed by atoms with E-state index in [-0.39, 0.29) is 24.9 Å². The predicted molar refractivity (Wildman–Crippen MR) is 97.6 cm³/mol. The Balaban J connectivity index is 1.68. The molecule has 146 valence electrons. The lowest BCUT2D eigenvalue weighted by Crippen LogP contribution is -2.34. The van der Waals surface area contributed by atoms with E-state index in [1.807, 2.05) is 30.3 Å². The Morgan fingerprint density at radius 1 is 1.11 bits per heavy atom. The molecule has 2 aromatic rings. The number of hydrogen-bond donors (Lipinski definition) is 3. The van der Waals surface area contributed by atoms with E-state index in [0.29, 0.717) is 6.54 Å². The van der Waals surface area contributed by atoms with Gasteiger partial charge in [0.2, 0.25) is 0 Å². The van der Waals surface area contributed by atoms with Crippen LogP contribution in [0.15, 0.2) is 59.6 Å². The fourth-order valence-electron chi connectivity index (χ4n) is 2.22. The molecule has 0 spiro atoms. The van der Waals surface area contributed by atoms with Crippen molar-refractivity contribution >= 4 is 5.96 Å². The van der Waals surface area contributed by atoms with Gasteiger partial charge in [-0.15, -0.1) is 0 Å². The van der Waals surface area contributed by atoms with Gasteiger partial charge >= 0.3 is 6.18 Å². The highest BCUT2D eigenvalue weighted by atomic mass is 19.4. The average Bonchev–Trinajstić information content (AvgIpc) is 2.65. The van der Waals surface area contributed by atoms with E-state index in [4.69, 9.17) is 10.5 Å². The van der Waals surface area contributed by atoms with Crippen molar-refractivity contribution in [1.82, 2.24) is 5.32 Å². The topological polar surface area (TPSA) is 79.9 Å². The van der Waals surface area contributed by atoms with Gasteiger partial charge in [-0.25, -0.2) is 0 Å². The predicted octanol–water partition coefficient (Wildman–Crippen LogP) is 2.59. The molecule has 0 saturated heterocycles. The molecule has 0 amide bonds. The number of nitrogens with one attached hydrogen (secondary N) is 1. The third-order valence-corrected chi connectivity index (χ3v) is 3.66. The van der Waals surface area contributed by atoms with E-state index >= 15 is 0 Å². The number of benzene rings is 2. The van der Waals surface area contributed by atoms with Crippen molar-refractivity contribution in [2.75, 3.05) is 19.7 Å². The summed E-state index contributed by atoms with van der Waals surface area (Å²) in [5.74, 6) is 0.444. The number of aliphatic hydroxyl groups is 1. The fraction of sp³-hybridized carbons (Fsp3) is 0.316. The molecule has 1 unspecified atom stereocenters. The maximum absolute atomic E-state index is 12.5. The molecule has 1 atom stereocenters. The molecule has 0 aromatic heterocycles. The number of hydrogen-bond acceptors (Lipinski definition) is 3. The Morgan fingerprint density at radius 2 is 1.78 bits per heavy atom. The summed E-state index contributed by atoms with van der Waals surface area (Å²) >= 11 is 0. The lowest BCUT2D eigenvalue weighted by atomic mass is 10.1. The van der Waals surface area contributed by atoms with Gasteiger partial charge in [-0.05, 0) is 36.2 Å². The van der Waals surface area contributed by atoms with Crippen LogP contribution in [0.3, 0.4) is 0 Å². The van der Waals surface area contributed by atoms with Crippen LogP contribution in [-0.4, -0.2) is 36.9 Å². The zero-order chi connectivity index (χ0) is 19.7. The molecule has 4 N–H and O–H groups in total. The minimum atomic E-state index is -4.39. The normalized spacial score (nSPS) is 13.3. The summed E-state index contributed by atoms with van der Waals surface area (Å²) in [5, 5.41) is 12.8. The van der Waals surface area contributed by atoms with E-state index < -0.39 is 17.8 Å². The van der Waals surface area contributed by atoms with Gasteiger partial charge in [0, 0.05) is 6.54 Å². The number of nitrogens with two attached hydrogens (primary N) is 1. The fourth-order valence-corrected chi connectivity index (χ4v) is 2.22. The van der Waals surface area contributed by atoms with E-state index in [9.17, 15) is 18.3 Å². The molecule has 0 heterocycles. The van der Waals surface area contributed by atoms with Gasteiger partial charge in [0.25, 0.3) is 0 Å². The van der Waals surface area contributed by atoms with Crippen LogP contribution in [0.1, 0.15) is 11.1 Å². The standard InChI is InChI=1S/C19H22F3N3O2/c20-19(21,22)15-6-8-17(9-7-15)27-13-16(26)12-25-18(23)24-11-10-14-4-2-1-3-5-14/h1-9,16,26H,10-13H2,(H3,23,24,25). The molecule has 0 radical (unpaired) electrons. The summed E-state index contributed by atoms with van der Waals surface area (Å²) in [5.41, 5.74) is 6.15. The van der Waals surface area contributed by atoms with Crippen LogP contribution in [-0.2, 0) is 12.6 Å². The van der Waals surface area contributed by atoms with Crippen molar-refractivity contribution in [3.63, 3.8) is 0 Å². The van der Waals surface area contributed by atoms with Crippen molar-refractivity contribution in [3.05, 3.63) is 65.7 Å². The zero-order valence-electron chi connectivity index (χ0n) is 14.6. The first-order valence-corrected chi connectivity index (χ1v) is 8.40. The molecular formula is C19H22F3N3O2. The molecule has 0 aliphatic carbocycles. The Hall–Kier alpha value is -2.74. The van der Waals surface area contributed by atoms with Crippen LogP contribution in [0.4, 0.5) is 13.2 Å². The van der Waals surface area contributed by atoms with Gasteiger partial charge in [-0.1, -0.05) is 30.3 Å². The maximum Gasteiger partial charge on any atom is 0.416 e. The van der Waals surface area contributed by atoms with Crippen LogP contribution in [0.2, 0.25) is 0 Å². The summed E-state index contributed by atoms with van der Waals surface area (Å²) in [6.45, 7) is 0.522. The molecule has 27 heavy (non-hydrogen) atoms. The summed E-state index contributed by atoms with van der Waals surface area (Å²) in [4.78, 5) is 4.02. The quantitative estimate of drug-likeness (QED) is 0.485.